The quantitative estimate of drug-likeness (QED) is 0.0164. The van der Waals surface area contributed by atoms with Crippen LogP contribution in [0.2, 0.25) is 0 Å². The molecule has 0 aliphatic heterocycles. The summed E-state index contributed by atoms with van der Waals surface area (Å²) in [7, 11) is 0. The van der Waals surface area contributed by atoms with Crippen LogP contribution in [0.15, 0.2) is 39.2 Å². The Bertz CT molecular complexity index is 3430. The molecule has 32 N–H and O–H groups in total. The van der Waals surface area contributed by atoms with E-state index in [4.69, 9.17) is 55.1 Å². The van der Waals surface area contributed by atoms with Gasteiger partial charge in [-0.05, 0) is 108 Å². The SMILES string of the molecule is CC(=O)O.CC[C@H](C)[C@H](NC(=O)[C@H](CC(C)C)NC(=O)[C@H](CCCN=C(N)N)NC(=O)[C@@H](N)CCCN=C(N)N)C(=O)N[C@@H](CCC(=O)O)C(=O)N[C@@H](CC(=O)O)C(=O)N[C@@H](C)C(=O)N[C@@H](CCC(=O)O)C(=O)N[C@@H](Cc1ccc(O)cc1)C(=O)N[C@@H](C)C(=O)N[C@@H](C)C(=O)N[C@@H](CCCN=C(N)N)C(=O)NCC(=O)O. The largest absolute Gasteiger partial charge is 0.508 e. The summed E-state index contributed by atoms with van der Waals surface area (Å²) >= 11 is 0. The summed E-state index contributed by atoms with van der Waals surface area (Å²) in [5.41, 5.74) is 38.8. The Morgan fingerprint density at radius 3 is 1.14 bits per heavy atom. The number of aliphatic imine (C=N–C) groups is 3. The van der Waals surface area contributed by atoms with Gasteiger partial charge in [0.15, 0.2) is 17.9 Å². The highest BCUT2D eigenvalue weighted by molar-refractivity contribution is 6.00. The molecule has 0 aliphatic rings. The first-order chi connectivity index (χ1) is 51.8. The van der Waals surface area contributed by atoms with Crippen LogP contribution in [0, 0.1) is 11.8 Å². The molecule has 0 spiro atoms. The van der Waals surface area contributed by atoms with Gasteiger partial charge >= 0.3 is 23.9 Å². The number of phenolic OH excluding ortho intramolecular Hbond substituents is 1. The normalized spacial score (nSPS) is 14.2. The monoisotopic (exact) mass is 1580 g/mol. The third kappa shape index (κ3) is 43.4. The van der Waals surface area contributed by atoms with Crippen molar-refractivity contribution in [3.8, 4) is 5.75 Å². The van der Waals surface area contributed by atoms with E-state index in [1.54, 1.807) is 27.7 Å². The number of guanidine groups is 3. The van der Waals surface area contributed by atoms with Crippen molar-refractivity contribution >= 4 is 119 Å². The Morgan fingerprint density at radius 1 is 0.396 bits per heavy atom. The van der Waals surface area contributed by atoms with Crippen molar-refractivity contribution in [2.24, 2.45) is 66.9 Å². The molecule has 0 saturated heterocycles. The maximum absolute atomic E-state index is 14.4. The predicted molar refractivity (Wildman–Crippen MR) is 397 cm³/mol. The van der Waals surface area contributed by atoms with Gasteiger partial charge in [-0.25, -0.2) is 0 Å². The highest BCUT2D eigenvalue weighted by Gasteiger charge is 2.38. The van der Waals surface area contributed by atoms with Gasteiger partial charge in [-0.3, -0.25) is 96.5 Å². The number of phenols is 1. The lowest BCUT2D eigenvalue weighted by Gasteiger charge is -2.30. The van der Waals surface area contributed by atoms with Gasteiger partial charge in [-0.1, -0.05) is 46.2 Å². The predicted octanol–water partition coefficient (Wildman–Crippen LogP) is -7.60. The zero-order valence-electron chi connectivity index (χ0n) is 63.1. The molecule has 1 aromatic rings. The molecule has 0 aromatic heterocycles. The van der Waals surface area contributed by atoms with Crippen molar-refractivity contribution in [1.82, 2.24) is 63.8 Å². The Morgan fingerprint density at radius 2 is 0.739 bits per heavy atom. The highest BCUT2D eigenvalue weighted by Crippen LogP contribution is 2.16. The van der Waals surface area contributed by atoms with E-state index in [2.05, 4.69) is 78.8 Å². The first-order valence-electron chi connectivity index (χ1n) is 35.2. The summed E-state index contributed by atoms with van der Waals surface area (Å²) < 4.78 is 0. The van der Waals surface area contributed by atoms with Crippen LogP contribution in [0.5, 0.6) is 5.75 Å². The lowest BCUT2D eigenvalue weighted by molar-refractivity contribution is -0.142. The molecule has 0 heterocycles. The Kier molecular flexibility index (Phi) is 46.2. The van der Waals surface area contributed by atoms with Crippen LogP contribution in [0.4, 0.5) is 0 Å². The van der Waals surface area contributed by atoms with Crippen molar-refractivity contribution in [2.45, 2.75) is 218 Å². The third-order valence-electron chi connectivity index (χ3n) is 15.8. The van der Waals surface area contributed by atoms with Crippen molar-refractivity contribution in [3.63, 3.8) is 0 Å². The number of carboxylic acid groups (broad SMARTS) is 5. The molecular weight excluding hydrogens is 1470 g/mol. The summed E-state index contributed by atoms with van der Waals surface area (Å²) in [5, 5.41) is 84.2. The number of carbonyl (C=O) groups is 17. The molecule has 0 aliphatic carbocycles. The van der Waals surface area contributed by atoms with Gasteiger partial charge in [-0.15, -0.1) is 0 Å². The molecule has 622 valence electrons. The van der Waals surface area contributed by atoms with Crippen LogP contribution < -0.4 is 104 Å². The van der Waals surface area contributed by atoms with Gasteiger partial charge in [0.1, 0.15) is 78.8 Å². The van der Waals surface area contributed by atoms with Crippen LogP contribution in [0.25, 0.3) is 0 Å². The van der Waals surface area contributed by atoms with Crippen LogP contribution in [0.1, 0.15) is 144 Å². The van der Waals surface area contributed by atoms with E-state index in [-0.39, 0.29) is 94.1 Å². The van der Waals surface area contributed by atoms with Crippen LogP contribution in [0.3, 0.4) is 0 Å². The topological polar surface area (TPSA) is 775 Å². The van der Waals surface area contributed by atoms with E-state index in [0.717, 1.165) is 13.8 Å². The van der Waals surface area contributed by atoms with Crippen LogP contribution in [-0.4, -0.2) is 248 Å². The molecule has 0 bridgehead atoms. The Balaban J connectivity index is 0.0000295. The maximum Gasteiger partial charge on any atom is 0.322 e. The molecular formula is C66H110N22O23. The highest BCUT2D eigenvalue weighted by atomic mass is 16.4. The number of aromatic hydroxyl groups is 1. The average Bonchev–Trinajstić information content (AvgIpc) is 0.835. The number of nitrogens with two attached hydrogens (primary N) is 7. The number of aliphatic carboxylic acids is 5. The fourth-order valence-electron chi connectivity index (χ4n) is 9.79. The smallest absolute Gasteiger partial charge is 0.322 e. The first kappa shape index (κ1) is 98.8. The van der Waals surface area contributed by atoms with E-state index >= 15 is 0 Å². The number of hydrogen-bond donors (Lipinski definition) is 25. The van der Waals surface area contributed by atoms with Crippen molar-refractivity contribution in [2.75, 3.05) is 26.2 Å². The Labute approximate surface area is 639 Å². The van der Waals surface area contributed by atoms with Gasteiger partial charge in [0.05, 0.1) is 12.5 Å². The molecule has 12 amide bonds. The molecule has 45 nitrogen and oxygen atoms in total. The minimum atomic E-state index is -2.11. The number of rotatable bonds is 51. The van der Waals surface area contributed by atoms with E-state index in [0.29, 0.717) is 12.0 Å². The van der Waals surface area contributed by atoms with Gasteiger partial charge < -0.3 is 135 Å². The molecule has 111 heavy (non-hydrogen) atoms. The molecule has 0 fully saturated rings. The number of nitrogens with zero attached hydrogens (tertiary/aromatic N) is 3. The van der Waals surface area contributed by atoms with E-state index < -0.39 is 224 Å². The summed E-state index contributed by atoms with van der Waals surface area (Å²) in [5.74, 6) is -21.4. The van der Waals surface area contributed by atoms with Crippen molar-refractivity contribution in [3.05, 3.63) is 29.8 Å². The third-order valence-corrected chi connectivity index (χ3v) is 15.8. The summed E-state index contributed by atoms with van der Waals surface area (Å²) in [6.07, 6.45) is -3.86. The van der Waals surface area contributed by atoms with Crippen molar-refractivity contribution < 1.29 is 112 Å². The summed E-state index contributed by atoms with van der Waals surface area (Å²) in [4.78, 5) is 234. The van der Waals surface area contributed by atoms with E-state index in [9.17, 15) is 97.1 Å². The summed E-state index contributed by atoms with van der Waals surface area (Å²) in [6.45, 7) is 10.6. The van der Waals surface area contributed by atoms with Crippen LogP contribution in [-0.2, 0) is 87.9 Å². The zero-order chi connectivity index (χ0) is 84.9. The number of carboxylic acids is 5. The second kappa shape index (κ2) is 51.9. The van der Waals surface area contributed by atoms with Gasteiger partial charge in [0, 0.05) is 45.8 Å². The van der Waals surface area contributed by atoms with Gasteiger partial charge in [-0.2, -0.15) is 0 Å². The number of carbonyl (C=O) groups excluding carboxylic acids is 12. The number of amides is 12. The van der Waals surface area contributed by atoms with E-state index in [1.165, 1.54) is 38.1 Å². The minimum absolute atomic E-state index is 0.0302. The molecule has 0 unspecified atom stereocenters. The second-order valence-corrected chi connectivity index (χ2v) is 26.0. The maximum atomic E-state index is 14.4. The minimum Gasteiger partial charge on any atom is -0.508 e. The zero-order valence-corrected chi connectivity index (χ0v) is 63.1. The van der Waals surface area contributed by atoms with Gasteiger partial charge in [0.25, 0.3) is 5.97 Å². The fourth-order valence-corrected chi connectivity index (χ4v) is 9.79. The molecule has 13 atom stereocenters. The molecule has 0 saturated carbocycles. The molecule has 1 rings (SSSR count). The Hall–Kier alpha value is -12.2. The van der Waals surface area contributed by atoms with E-state index in [1.807, 2.05) is 0 Å². The number of nitrogens with one attached hydrogen (secondary N) is 12. The number of hydrogen-bond acceptors (Lipinski definition) is 22. The lowest BCUT2D eigenvalue weighted by Crippen LogP contribution is -2.61. The van der Waals surface area contributed by atoms with Crippen LogP contribution >= 0.6 is 0 Å². The fraction of sp³-hybridized carbons (Fsp3) is 0.606. The standard InChI is InChI=1S/C64H106N22O21.C2H4O2/c1-8-31(4)49(86-60(106)42(26-30(2)3)83-55(101)39(14-11-25-74-64(70)71)81-53(99)37(65)12-9-23-72-62(66)67)61(107)82-41(20-22-46(90)91)57(103)85-44(28-47(92)93)59(105)78-34(7)52(98)80-40(19-21-45(88)89)56(102)84-43(27-35-15-17-36(87)18-16-35)58(104)77-32(5)50(96)76-33(6)51(97)79-38(13-10-24-73-63(68)69)54(100)75-29-48(94)95;1-2(3)4/h15-18,30-34,37-44,49,87H,8-14,19-29,65H2,1-7H3,(H,75,100)(H,76,96)(H,77,104)(H,78,105)(H,79,97)(H,80,98)(H,81,99)(H,82,107)(H,83,101)(H,84,102)(H,85,103)(H,86,106)(H,88,89)(H,90,91)(H,92,93)(H,94,95)(H4,66,67,72)(H4,68,69,73)(H4,70,71,74);1H3,(H,3,4)/t31-,32-,33-,34-,37-,38-,39-,40-,41-,42-,43-,44-,49-;/m0./s1. The average molecular weight is 1580 g/mol. The van der Waals surface area contributed by atoms with Gasteiger partial charge in [0.2, 0.25) is 70.9 Å². The summed E-state index contributed by atoms with van der Waals surface area (Å²) in [6, 6.07) is -13.6. The second-order valence-electron chi connectivity index (χ2n) is 26.0. The molecule has 0 radical (unpaired) electrons. The number of benzene rings is 1. The molecule has 1 aromatic carbocycles. The van der Waals surface area contributed by atoms with Crippen molar-refractivity contribution in [1.29, 1.82) is 0 Å². The lowest BCUT2D eigenvalue weighted by atomic mass is 9.96. The molecule has 45 heteroatoms. The first-order valence-corrected chi connectivity index (χ1v) is 35.2.